The summed E-state index contributed by atoms with van der Waals surface area (Å²) in [5.41, 5.74) is -0.654. The predicted octanol–water partition coefficient (Wildman–Crippen LogP) is 4.89. The van der Waals surface area contributed by atoms with Gasteiger partial charge < -0.3 is 13.9 Å². The number of hydrogen-bond donors (Lipinski definition) is 0. The van der Waals surface area contributed by atoms with Gasteiger partial charge in [-0.2, -0.15) is 0 Å². The topological polar surface area (TPSA) is 65.1 Å². The first-order chi connectivity index (χ1) is 12.6. The molecule has 0 spiro atoms. The van der Waals surface area contributed by atoms with Crippen LogP contribution in [-0.2, 0) is 18.7 Å². The molecule has 0 aromatic heterocycles. The van der Waals surface area contributed by atoms with Crippen molar-refractivity contribution < 1.29 is 23.5 Å². The Morgan fingerprint density at radius 3 is 2.18 bits per heavy atom. The Morgan fingerprint density at radius 2 is 1.75 bits per heavy atom. The fourth-order valence-electron chi connectivity index (χ4n) is 3.12. The molecular formula is C21H39NO5Si. The van der Waals surface area contributed by atoms with Gasteiger partial charge in [0.05, 0.1) is 19.3 Å². The maximum absolute atomic E-state index is 13.0. The number of likely N-dealkylation sites (tertiary alicyclic amines) is 1. The molecule has 0 saturated carbocycles. The molecule has 0 unspecified atom stereocenters. The van der Waals surface area contributed by atoms with Crippen molar-refractivity contribution >= 4 is 20.4 Å². The summed E-state index contributed by atoms with van der Waals surface area (Å²) in [6, 6.07) is -0.962. The van der Waals surface area contributed by atoms with Crippen molar-refractivity contribution in [3.8, 4) is 0 Å². The Hall–Kier alpha value is -1.34. The zero-order chi connectivity index (χ0) is 21.9. The van der Waals surface area contributed by atoms with E-state index in [1.807, 2.05) is 26.8 Å². The van der Waals surface area contributed by atoms with E-state index in [-0.39, 0.29) is 17.2 Å². The quantitative estimate of drug-likeness (QED) is 0.352. The van der Waals surface area contributed by atoms with Crippen molar-refractivity contribution in [2.45, 2.75) is 103 Å². The van der Waals surface area contributed by atoms with Crippen LogP contribution in [0.1, 0.15) is 60.8 Å². The first-order valence-corrected chi connectivity index (χ1v) is 12.9. The Kier molecular flexibility index (Phi) is 7.93. The van der Waals surface area contributed by atoms with Crippen molar-refractivity contribution in [2.24, 2.45) is 0 Å². The highest BCUT2D eigenvalue weighted by atomic mass is 28.4. The summed E-state index contributed by atoms with van der Waals surface area (Å²) >= 11 is 0. The fourth-order valence-corrected chi connectivity index (χ4v) is 4.48. The minimum Gasteiger partial charge on any atom is -0.467 e. The van der Waals surface area contributed by atoms with Crippen molar-refractivity contribution in [1.29, 1.82) is 0 Å². The summed E-state index contributed by atoms with van der Waals surface area (Å²) in [5.74, 6) is -0.434. The molecule has 1 aliphatic heterocycles. The fraction of sp³-hybridized carbons (Fsp3) is 0.810. The third kappa shape index (κ3) is 6.08. The molecule has 0 aromatic carbocycles. The Balaban J connectivity index is 3.27. The molecule has 162 valence electrons. The van der Waals surface area contributed by atoms with Crippen molar-refractivity contribution in [3.05, 3.63) is 12.7 Å². The molecule has 0 bridgehead atoms. The molecular weight excluding hydrogens is 374 g/mol. The number of allylic oxidation sites excluding steroid dienone is 1. The molecule has 0 aromatic rings. The van der Waals surface area contributed by atoms with Crippen LogP contribution in [0.25, 0.3) is 0 Å². The number of nitrogens with zero attached hydrogens (tertiary/aromatic N) is 1. The van der Waals surface area contributed by atoms with Crippen LogP contribution in [0.3, 0.4) is 0 Å². The lowest BCUT2D eigenvalue weighted by molar-refractivity contribution is -0.146. The van der Waals surface area contributed by atoms with Gasteiger partial charge in [-0.25, -0.2) is 9.59 Å². The van der Waals surface area contributed by atoms with Crippen LogP contribution in [-0.4, -0.2) is 56.2 Å². The first-order valence-electron chi connectivity index (χ1n) is 10.0. The van der Waals surface area contributed by atoms with Crippen LogP contribution in [0.4, 0.5) is 4.79 Å². The molecule has 1 amide bonds. The maximum Gasteiger partial charge on any atom is 0.411 e. The monoisotopic (exact) mass is 413 g/mol. The van der Waals surface area contributed by atoms with Crippen molar-refractivity contribution in [2.75, 3.05) is 7.11 Å². The third-order valence-electron chi connectivity index (χ3n) is 5.57. The van der Waals surface area contributed by atoms with Gasteiger partial charge in [-0.05, 0) is 51.7 Å². The van der Waals surface area contributed by atoms with Gasteiger partial charge >= 0.3 is 12.1 Å². The van der Waals surface area contributed by atoms with Gasteiger partial charge in [0, 0.05) is 6.42 Å². The van der Waals surface area contributed by atoms with Crippen LogP contribution in [0.2, 0.25) is 18.1 Å². The zero-order valence-corrected chi connectivity index (χ0v) is 20.1. The number of ether oxygens (including phenoxy) is 2. The van der Waals surface area contributed by atoms with Crippen molar-refractivity contribution in [3.63, 3.8) is 0 Å². The summed E-state index contributed by atoms with van der Waals surface area (Å²) in [5, 5.41) is 0.0239. The normalized spacial score (nSPS) is 23.5. The summed E-state index contributed by atoms with van der Waals surface area (Å²) < 4.78 is 17.3. The van der Waals surface area contributed by atoms with Gasteiger partial charge in [0.25, 0.3) is 0 Å². The lowest BCUT2D eigenvalue weighted by Crippen LogP contribution is -2.50. The van der Waals surface area contributed by atoms with Crippen LogP contribution in [0.5, 0.6) is 0 Å². The van der Waals surface area contributed by atoms with E-state index in [1.54, 1.807) is 4.90 Å². The summed E-state index contributed by atoms with van der Waals surface area (Å²) in [6.45, 7) is 20.1. The smallest absolute Gasteiger partial charge is 0.411 e. The number of carbonyl (C=O) groups excluding carboxylic acids is 2. The highest BCUT2D eigenvalue weighted by Gasteiger charge is 2.52. The van der Waals surface area contributed by atoms with Gasteiger partial charge in [-0.3, -0.25) is 4.90 Å². The molecule has 7 heteroatoms. The van der Waals surface area contributed by atoms with Crippen LogP contribution < -0.4 is 0 Å². The van der Waals surface area contributed by atoms with Gasteiger partial charge in [0.1, 0.15) is 11.6 Å². The second-order valence-electron chi connectivity index (χ2n) is 10.0. The standard InChI is InChI=1S/C21H39NO5Si/c1-11-12-13-15-17(27-28(9,10)21(5,6)7)14-16(18(23)25-8)22(15)19(24)26-20(2,3)4/h11,15-17H,1,12-14H2,2-10H3/t15-,16-,17-/m0/s1. The van der Waals surface area contributed by atoms with Gasteiger partial charge in [-0.1, -0.05) is 26.8 Å². The maximum atomic E-state index is 13.0. The summed E-state index contributed by atoms with van der Waals surface area (Å²) in [7, 11) is -0.750. The highest BCUT2D eigenvalue weighted by molar-refractivity contribution is 6.74. The SMILES string of the molecule is C=CCC[C@H]1[C@@H](O[Si](C)(C)C(C)(C)C)C[C@@H](C(=O)OC)N1C(=O)OC(C)(C)C. The molecule has 6 nitrogen and oxygen atoms in total. The molecule has 3 atom stereocenters. The largest absolute Gasteiger partial charge is 0.467 e. The van der Waals surface area contributed by atoms with Gasteiger partial charge in [0.15, 0.2) is 8.32 Å². The number of hydrogen-bond acceptors (Lipinski definition) is 5. The van der Waals surface area contributed by atoms with E-state index in [4.69, 9.17) is 13.9 Å². The van der Waals surface area contributed by atoms with Crippen molar-refractivity contribution in [1.82, 2.24) is 4.90 Å². The van der Waals surface area contributed by atoms with Crippen LogP contribution >= 0.6 is 0 Å². The zero-order valence-electron chi connectivity index (χ0n) is 19.1. The van der Waals surface area contributed by atoms with Crippen LogP contribution in [0.15, 0.2) is 12.7 Å². The molecule has 0 aliphatic carbocycles. The lowest BCUT2D eigenvalue weighted by atomic mass is 10.1. The minimum absolute atomic E-state index is 0.0239. The van der Waals surface area contributed by atoms with Gasteiger partial charge in [0.2, 0.25) is 0 Å². The number of rotatable bonds is 6. The minimum atomic E-state index is -2.09. The molecule has 1 fully saturated rings. The number of methoxy groups -OCH3 is 1. The second-order valence-corrected chi connectivity index (χ2v) is 14.8. The molecule has 1 saturated heterocycles. The predicted molar refractivity (Wildman–Crippen MR) is 114 cm³/mol. The highest BCUT2D eigenvalue weighted by Crippen LogP contribution is 2.41. The average Bonchev–Trinajstić information content (AvgIpc) is 2.87. The number of carbonyl (C=O) groups is 2. The molecule has 1 heterocycles. The van der Waals surface area contributed by atoms with Gasteiger partial charge in [-0.15, -0.1) is 6.58 Å². The van der Waals surface area contributed by atoms with E-state index in [2.05, 4.69) is 40.4 Å². The summed E-state index contributed by atoms with van der Waals surface area (Å²) in [6.07, 6.45) is 2.88. The Bertz CT molecular complexity index is 576. The molecule has 28 heavy (non-hydrogen) atoms. The van der Waals surface area contributed by atoms with E-state index in [0.717, 1.165) is 6.42 Å². The number of esters is 1. The second kappa shape index (κ2) is 8.99. The van der Waals surface area contributed by atoms with E-state index in [9.17, 15) is 9.59 Å². The molecule has 1 rings (SSSR count). The summed E-state index contributed by atoms with van der Waals surface area (Å²) in [4.78, 5) is 27.0. The first kappa shape index (κ1) is 24.7. The van der Waals surface area contributed by atoms with E-state index in [1.165, 1.54) is 7.11 Å². The van der Waals surface area contributed by atoms with E-state index >= 15 is 0 Å². The average molecular weight is 414 g/mol. The van der Waals surface area contributed by atoms with E-state index < -0.39 is 32.0 Å². The number of amides is 1. The third-order valence-corrected chi connectivity index (χ3v) is 10.1. The van der Waals surface area contributed by atoms with Crippen LogP contribution in [0, 0.1) is 0 Å². The molecule has 0 radical (unpaired) electrons. The lowest BCUT2D eigenvalue weighted by Gasteiger charge is -2.40. The Labute approximate surface area is 171 Å². The van der Waals surface area contributed by atoms with E-state index in [0.29, 0.717) is 12.8 Å². The Morgan fingerprint density at radius 1 is 1.18 bits per heavy atom. The molecule has 1 aliphatic rings. The molecule has 0 N–H and O–H groups in total.